The Morgan fingerprint density at radius 2 is 0.857 bits per heavy atom. The molecule has 0 aliphatic heterocycles. The lowest BCUT2D eigenvalue weighted by Gasteiger charge is -2.11. The van der Waals surface area contributed by atoms with Crippen molar-refractivity contribution in [3.63, 3.8) is 0 Å². The normalized spacial score (nSPS) is 12.0. The van der Waals surface area contributed by atoms with Gasteiger partial charge in [-0.05, 0) is 12.8 Å². The molecule has 0 rings (SSSR count). The highest BCUT2D eigenvalue weighted by atomic mass is 31.2. The lowest BCUT2D eigenvalue weighted by molar-refractivity contribution is 0.469. The molecule has 0 fully saturated rings. The van der Waals surface area contributed by atoms with E-state index in [0.717, 1.165) is 25.7 Å². The molecule has 2 nitrogen and oxygen atoms in total. The van der Waals surface area contributed by atoms with Crippen molar-refractivity contribution in [3.05, 3.63) is 0 Å². The quantitative estimate of drug-likeness (QED) is 0.252. The van der Waals surface area contributed by atoms with Crippen LogP contribution in [0.4, 0.5) is 0 Å². The van der Waals surface area contributed by atoms with Crippen LogP contribution in [0.3, 0.4) is 0 Å². The maximum atomic E-state index is 12.0. The van der Waals surface area contributed by atoms with Crippen molar-refractivity contribution in [2.75, 3.05) is 12.3 Å². The Balaban J connectivity index is 3.37. The SMILES string of the molecule is CCCCCCCCCP(=O)(O)CCCCCCCCC. The van der Waals surface area contributed by atoms with Gasteiger partial charge in [0.15, 0.2) is 0 Å². The minimum absolute atomic E-state index is 0.552. The lowest BCUT2D eigenvalue weighted by Crippen LogP contribution is -1.96. The highest BCUT2D eigenvalue weighted by molar-refractivity contribution is 7.57. The molecule has 0 aliphatic carbocycles. The van der Waals surface area contributed by atoms with E-state index in [-0.39, 0.29) is 0 Å². The van der Waals surface area contributed by atoms with Crippen LogP contribution in [0.1, 0.15) is 104 Å². The summed E-state index contributed by atoms with van der Waals surface area (Å²) in [5, 5.41) is 0. The maximum absolute atomic E-state index is 12.0. The molecule has 0 aliphatic rings. The largest absolute Gasteiger partial charge is 0.344 e. The maximum Gasteiger partial charge on any atom is 0.200 e. The van der Waals surface area contributed by atoms with Crippen molar-refractivity contribution in [2.45, 2.75) is 104 Å². The first-order valence-electron chi connectivity index (χ1n) is 9.43. The molecule has 0 amide bonds. The second kappa shape index (κ2) is 15.1. The van der Waals surface area contributed by atoms with E-state index in [9.17, 15) is 9.46 Å². The molecule has 0 saturated carbocycles. The summed E-state index contributed by atoms with van der Waals surface area (Å²) in [7, 11) is -2.82. The molecule has 0 saturated heterocycles. The van der Waals surface area contributed by atoms with Crippen molar-refractivity contribution in [2.24, 2.45) is 0 Å². The van der Waals surface area contributed by atoms with Crippen molar-refractivity contribution in [3.8, 4) is 0 Å². The van der Waals surface area contributed by atoms with Crippen LogP contribution in [0.15, 0.2) is 0 Å². The van der Waals surface area contributed by atoms with Crippen molar-refractivity contribution in [1.29, 1.82) is 0 Å². The number of unbranched alkanes of at least 4 members (excludes halogenated alkanes) is 12. The van der Waals surface area contributed by atoms with Crippen molar-refractivity contribution < 1.29 is 9.46 Å². The first-order valence-corrected chi connectivity index (χ1v) is 11.5. The fraction of sp³-hybridized carbons (Fsp3) is 1.00. The Kier molecular flexibility index (Phi) is 15.2. The van der Waals surface area contributed by atoms with E-state index in [1.807, 2.05) is 0 Å². The fourth-order valence-corrected chi connectivity index (χ4v) is 4.40. The molecule has 0 spiro atoms. The first kappa shape index (κ1) is 21.2. The molecule has 0 atom stereocenters. The minimum Gasteiger partial charge on any atom is -0.344 e. The van der Waals surface area contributed by atoms with Crippen molar-refractivity contribution >= 4 is 7.37 Å². The summed E-state index contributed by atoms with van der Waals surface area (Å²) in [4.78, 5) is 9.95. The van der Waals surface area contributed by atoms with Gasteiger partial charge in [0.25, 0.3) is 0 Å². The highest BCUT2D eigenvalue weighted by Gasteiger charge is 2.16. The van der Waals surface area contributed by atoms with Gasteiger partial charge in [0, 0.05) is 12.3 Å². The van der Waals surface area contributed by atoms with E-state index in [1.165, 1.54) is 64.2 Å². The van der Waals surface area contributed by atoms with Gasteiger partial charge in [-0.2, -0.15) is 0 Å². The molecular weight excluding hydrogens is 279 g/mol. The van der Waals surface area contributed by atoms with Gasteiger partial charge in [-0.15, -0.1) is 0 Å². The van der Waals surface area contributed by atoms with Crippen LogP contribution >= 0.6 is 7.37 Å². The number of rotatable bonds is 16. The molecule has 21 heavy (non-hydrogen) atoms. The van der Waals surface area contributed by atoms with Gasteiger partial charge < -0.3 is 4.89 Å². The van der Waals surface area contributed by atoms with Gasteiger partial charge in [0.05, 0.1) is 0 Å². The summed E-state index contributed by atoms with van der Waals surface area (Å²) >= 11 is 0. The predicted molar refractivity (Wildman–Crippen MR) is 95.5 cm³/mol. The molecule has 3 heteroatoms. The van der Waals surface area contributed by atoms with Gasteiger partial charge in [-0.1, -0.05) is 90.9 Å². The van der Waals surface area contributed by atoms with Crippen LogP contribution in [0.2, 0.25) is 0 Å². The average molecular weight is 318 g/mol. The summed E-state index contributed by atoms with van der Waals surface area (Å²) in [6.07, 6.45) is 18.2. The van der Waals surface area contributed by atoms with Gasteiger partial charge in [0.1, 0.15) is 0 Å². The summed E-state index contributed by atoms with van der Waals surface area (Å²) in [5.74, 6) is 0. The zero-order chi connectivity index (χ0) is 15.8. The van der Waals surface area contributed by atoms with Gasteiger partial charge >= 0.3 is 0 Å². The van der Waals surface area contributed by atoms with Crippen LogP contribution in [-0.2, 0) is 4.57 Å². The zero-order valence-corrected chi connectivity index (χ0v) is 15.5. The summed E-state index contributed by atoms with van der Waals surface area (Å²) in [6.45, 7) is 4.46. The average Bonchev–Trinajstić information content (AvgIpc) is 2.45. The summed E-state index contributed by atoms with van der Waals surface area (Å²) in [6, 6.07) is 0. The predicted octanol–water partition coefficient (Wildman–Crippen LogP) is 6.76. The zero-order valence-electron chi connectivity index (χ0n) is 14.6. The Bertz CT molecular complexity index is 232. The van der Waals surface area contributed by atoms with Crippen LogP contribution in [0.25, 0.3) is 0 Å². The fourth-order valence-electron chi connectivity index (χ4n) is 2.74. The van der Waals surface area contributed by atoms with Crippen LogP contribution < -0.4 is 0 Å². The molecule has 0 aromatic heterocycles. The number of hydrogen-bond donors (Lipinski definition) is 1. The second-order valence-electron chi connectivity index (χ2n) is 6.54. The number of hydrogen-bond acceptors (Lipinski definition) is 1. The Morgan fingerprint density at radius 3 is 1.19 bits per heavy atom. The Hall–Kier alpha value is 0.190. The molecule has 0 bridgehead atoms. The first-order chi connectivity index (χ1) is 10.1. The lowest BCUT2D eigenvalue weighted by atomic mass is 10.1. The van der Waals surface area contributed by atoms with Gasteiger partial charge in [0.2, 0.25) is 7.37 Å². The third-order valence-electron chi connectivity index (χ3n) is 4.22. The van der Waals surface area contributed by atoms with Crippen LogP contribution in [-0.4, -0.2) is 17.2 Å². The Morgan fingerprint density at radius 1 is 0.571 bits per heavy atom. The molecule has 0 radical (unpaired) electrons. The van der Waals surface area contributed by atoms with Gasteiger partial charge in [-0.25, -0.2) is 0 Å². The molecular formula is C18H39O2P. The standard InChI is InChI=1S/C18H39O2P/c1-3-5-7-9-11-13-15-17-21(19,20)18-16-14-12-10-8-6-4-2/h3-18H2,1-2H3,(H,19,20). The summed E-state index contributed by atoms with van der Waals surface area (Å²) in [5.41, 5.74) is 0. The van der Waals surface area contributed by atoms with Crippen LogP contribution in [0.5, 0.6) is 0 Å². The van der Waals surface area contributed by atoms with E-state index in [1.54, 1.807) is 0 Å². The topological polar surface area (TPSA) is 37.3 Å². The van der Waals surface area contributed by atoms with E-state index in [2.05, 4.69) is 13.8 Å². The van der Waals surface area contributed by atoms with E-state index in [4.69, 9.17) is 0 Å². The molecule has 0 aromatic rings. The van der Waals surface area contributed by atoms with Gasteiger partial charge in [-0.3, -0.25) is 4.57 Å². The Labute approximate surface area is 133 Å². The smallest absolute Gasteiger partial charge is 0.200 e. The molecule has 128 valence electrons. The molecule has 0 unspecified atom stereocenters. The molecule has 0 aromatic carbocycles. The van der Waals surface area contributed by atoms with Crippen LogP contribution in [0, 0.1) is 0 Å². The monoisotopic (exact) mass is 318 g/mol. The minimum atomic E-state index is -2.82. The highest BCUT2D eigenvalue weighted by Crippen LogP contribution is 2.42. The summed E-state index contributed by atoms with van der Waals surface area (Å²) < 4.78 is 12.0. The van der Waals surface area contributed by atoms with E-state index >= 15 is 0 Å². The third kappa shape index (κ3) is 16.4. The molecule has 0 heterocycles. The third-order valence-corrected chi connectivity index (χ3v) is 6.25. The van der Waals surface area contributed by atoms with E-state index in [0.29, 0.717) is 12.3 Å². The van der Waals surface area contributed by atoms with Crippen molar-refractivity contribution in [1.82, 2.24) is 0 Å². The second-order valence-corrected chi connectivity index (χ2v) is 9.12. The molecule has 1 N–H and O–H groups in total. The van der Waals surface area contributed by atoms with E-state index < -0.39 is 7.37 Å².